The van der Waals surface area contributed by atoms with Crippen LogP contribution in [0.2, 0.25) is 0 Å². The fourth-order valence-electron chi connectivity index (χ4n) is 5.27. The fourth-order valence-corrected chi connectivity index (χ4v) is 6.39. The van der Waals surface area contributed by atoms with Crippen molar-refractivity contribution in [1.82, 2.24) is 4.90 Å². The summed E-state index contributed by atoms with van der Waals surface area (Å²) in [5.74, 6) is 3.52. The molecule has 0 spiro atoms. The van der Waals surface area contributed by atoms with Crippen LogP contribution in [0.3, 0.4) is 0 Å². The van der Waals surface area contributed by atoms with Gasteiger partial charge in [-0.2, -0.15) is 0 Å². The zero-order valence-corrected chi connectivity index (χ0v) is 18.0. The molecule has 3 atom stereocenters. The van der Waals surface area contributed by atoms with Gasteiger partial charge in [0.15, 0.2) is 0 Å². The number of aryl methyl sites for hydroxylation is 1. The summed E-state index contributed by atoms with van der Waals surface area (Å²) in [5, 5.41) is 10.7. The summed E-state index contributed by atoms with van der Waals surface area (Å²) in [6.07, 6.45) is 11.3. The fraction of sp³-hybridized carbons (Fsp3) is 0.542. The minimum atomic E-state index is -0.811. The van der Waals surface area contributed by atoms with Crippen LogP contribution in [-0.4, -0.2) is 41.9 Å². The lowest BCUT2D eigenvalue weighted by Crippen LogP contribution is -2.33. The Morgan fingerprint density at radius 3 is 2.93 bits per heavy atom. The number of carboxylic acids is 1. The topological polar surface area (TPSA) is 49.8 Å². The van der Waals surface area contributed by atoms with E-state index in [1.807, 2.05) is 18.2 Å². The lowest BCUT2D eigenvalue weighted by molar-refractivity contribution is -0.132. The van der Waals surface area contributed by atoms with Gasteiger partial charge in [0.05, 0.1) is 17.7 Å². The number of ether oxygens (including phenoxy) is 1. The van der Waals surface area contributed by atoms with Crippen molar-refractivity contribution >= 4 is 17.7 Å². The highest BCUT2D eigenvalue weighted by atomic mass is 32.2. The van der Waals surface area contributed by atoms with Gasteiger partial charge in [-0.3, -0.25) is 0 Å². The third-order valence-electron chi connectivity index (χ3n) is 6.68. The predicted octanol–water partition coefficient (Wildman–Crippen LogP) is 4.97. The molecule has 1 aromatic carbocycles. The summed E-state index contributed by atoms with van der Waals surface area (Å²) in [5.41, 5.74) is 1.73. The van der Waals surface area contributed by atoms with Gasteiger partial charge in [0.2, 0.25) is 0 Å². The van der Waals surface area contributed by atoms with Gasteiger partial charge in [0.25, 0.3) is 0 Å². The normalized spacial score (nSPS) is 25.7. The molecule has 29 heavy (non-hydrogen) atoms. The molecular formula is C24H31NO3S. The largest absolute Gasteiger partial charge is 0.497 e. The quantitative estimate of drug-likeness (QED) is 0.580. The van der Waals surface area contributed by atoms with Crippen LogP contribution in [-0.2, 0) is 11.2 Å². The molecule has 2 aliphatic carbocycles. The lowest BCUT2D eigenvalue weighted by Gasteiger charge is -2.34. The van der Waals surface area contributed by atoms with E-state index in [0.29, 0.717) is 5.57 Å². The van der Waals surface area contributed by atoms with Crippen LogP contribution in [0.5, 0.6) is 5.75 Å². The number of carbonyl (C=O) groups is 1. The van der Waals surface area contributed by atoms with Crippen LogP contribution in [0, 0.1) is 17.8 Å². The van der Waals surface area contributed by atoms with E-state index < -0.39 is 5.97 Å². The summed E-state index contributed by atoms with van der Waals surface area (Å²) in [6.45, 7) is 1.85. The number of methoxy groups -OCH3 is 1. The van der Waals surface area contributed by atoms with Crippen LogP contribution in [0.4, 0.5) is 0 Å². The second-order valence-electron chi connectivity index (χ2n) is 8.57. The Labute approximate surface area is 178 Å². The second kappa shape index (κ2) is 9.29. The van der Waals surface area contributed by atoms with Crippen LogP contribution < -0.4 is 4.74 Å². The molecule has 1 aliphatic heterocycles. The molecule has 0 saturated heterocycles. The zero-order valence-electron chi connectivity index (χ0n) is 17.2. The SMILES string of the molecule is COc1cccc(CCCSC2=C(C(=O)O)C=CCN2CC2CC3CCC2C3)c1. The summed E-state index contributed by atoms with van der Waals surface area (Å²) >= 11 is 1.72. The van der Waals surface area contributed by atoms with Crippen LogP contribution >= 0.6 is 11.8 Å². The number of rotatable bonds is 9. The van der Waals surface area contributed by atoms with Crippen LogP contribution in [0.25, 0.3) is 0 Å². The van der Waals surface area contributed by atoms with Gasteiger partial charge in [0.1, 0.15) is 5.75 Å². The molecule has 156 valence electrons. The van der Waals surface area contributed by atoms with Gasteiger partial charge >= 0.3 is 5.97 Å². The highest BCUT2D eigenvalue weighted by Crippen LogP contribution is 2.49. The standard InChI is InChI=1S/C24H31NO3S/c1-28-21-7-2-5-17(15-21)6-4-12-29-23-22(24(26)27)8-3-11-25(23)16-20-14-18-9-10-19(20)13-18/h2-3,5,7-8,15,18-20H,4,6,9-14,16H2,1H3,(H,26,27). The number of fused-ring (bicyclic) bond motifs is 2. The van der Waals surface area contributed by atoms with Crippen LogP contribution in [0.15, 0.2) is 47.0 Å². The van der Waals surface area contributed by atoms with E-state index in [1.54, 1.807) is 24.9 Å². The molecule has 1 N–H and O–H groups in total. The van der Waals surface area contributed by atoms with Gasteiger partial charge in [-0.05, 0) is 79.4 Å². The lowest BCUT2D eigenvalue weighted by atomic mass is 9.88. The smallest absolute Gasteiger partial charge is 0.338 e. The van der Waals surface area contributed by atoms with Crippen molar-refractivity contribution in [2.45, 2.75) is 38.5 Å². The average Bonchev–Trinajstić information content (AvgIpc) is 3.35. The molecule has 4 nitrogen and oxygen atoms in total. The molecule has 3 aliphatic rings. The number of hydrogen-bond donors (Lipinski definition) is 1. The van der Waals surface area contributed by atoms with Crippen molar-refractivity contribution in [1.29, 1.82) is 0 Å². The number of carboxylic acid groups (broad SMARTS) is 1. The minimum absolute atomic E-state index is 0.464. The first-order valence-corrected chi connectivity index (χ1v) is 11.8. The molecule has 0 aromatic heterocycles. The summed E-state index contributed by atoms with van der Waals surface area (Å²) in [6, 6.07) is 8.19. The summed E-state index contributed by atoms with van der Waals surface area (Å²) < 4.78 is 5.30. The summed E-state index contributed by atoms with van der Waals surface area (Å²) in [7, 11) is 1.69. The van der Waals surface area contributed by atoms with Crippen molar-refractivity contribution < 1.29 is 14.6 Å². The maximum absolute atomic E-state index is 11.8. The van der Waals surface area contributed by atoms with Gasteiger partial charge in [0, 0.05) is 13.1 Å². The van der Waals surface area contributed by atoms with E-state index in [2.05, 4.69) is 17.0 Å². The van der Waals surface area contributed by atoms with Crippen molar-refractivity contribution in [3.8, 4) is 5.75 Å². The maximum Gasteiger partial charge on any atom is 0.338 e. The van der Waals surface area contributed by atoms with Crippen LogP contribution in [0.1, 0.15) is 37.7 Å². The number of aliphatic carboxylic acids is 1. The molecule has 2 bridgehead atoms. The molecule has 1 heterocycles. The van der Waals surface area contributed by atoms with E-state index in [0.717, 1.165) is 60.2 Å². The second-order valence-corrected chi connectivity index (χ2v) is 9.65. The first-order chi connectivity index (χ1) is 14.1. The van der Waals surface area contributed by atoms with Gasteiger partial charge in [-0.25, -0.2) is 4.79 Å². The van der Waals surface area contributed by atoms with Gasteiger partial charge in [-0.15, -0.1) is 11.8 Å². The third-order valence-corrected chi connectivity index (χ3v) is 7.92. The van der Waals surface area contributed by atoms with E-state index in [4.69, 9.17) is 4.74 Å². The number of hydrogen-bond acceptors (Lipinski definition) is 4. The van der Waals surface area contributed by atoms with Crippen molar-refractivity contribution in [2.75, 3.05) is 26.0 Å². The molecule has 1 aromatic rings. The van der Waals surface area contributed by atoms with E-state index in [9.17, 15) is 9.90 Å². The monoisotopic (exact) mass is 413 g/mol. The molecule has 2 saturated carbocycles. The Morgan fingerprint density at radius 2 is 2.21 bits per heavy atom. The highest BCUT2D eigenvalue weighted by Gasteiger charge is 2.40. The van der Waals surface area contributed by atoms with E-state index >= 15 is 0 Å². The van der Waals surface area contributed by atoms with Crippen molar-refractivity contribution in [3.63, 3.8) is 0 Å². The van der Waals surface area contributed by atoms with Gasteiger partial charge in [-0.1, -0.05) is 24.6 Å². The predicted molar refractivity (Wildman–Crippen MR) is 118 cm³/mol. The Kier molecular flexibility index (Phi) is 6.53. The zero-order chi connectivity index (χ0) is 20.2. The first kappa shape index (κ1) is 20.4. The Bertz CT molecular complexity index is 803. The molecular weight excluding hydrogens is 382 g/mol. The molecule has 0 amide bonds. The maximum atomic E-state index is 11.8. The molecule has 2 fully saturated rings. The Hall–Kier alpha value is -1.88. The Balaban J connectivity index is 1.37. The molecule has 5 heteroatoms. The van der Waals surface area contributed by atoms with Crippen molar-refractivity contribution in [2.24, 2.45) is 17.8 Å². The first-order valence-electron chi connectivity index (χ1n) is 10.8. The number of nitrogens with zero attached hydrogens (tertiary/aromatic N) is 1. The number of benzene rings is 1. The minimum Gasteiger partial charge on any atom is -0.497 e. The number of thioether (sulfide) groups is 1. The van der Waals surface area contributed by atoms with Gasteiger partial charge < -0.3 is 14.7 Å². The highest BCUT2D eigenvalue weighted by molar-refractivity contribution is 8.03. The molecule has 0 radical (unpaired) electrons. The molecule has 3 unspecified atom stereocenters. The third kappa shape index (κ3) is 4.82. The van der Waals surface area contributed by atoms with Crippen molar-refractivity contribution in [3.05, 3.63) is 52.6 Å². The van der Waals surface area contributed by atoms with E-state index in [1.165, 1.54) is 31.2 Å². The summed E-state index contributed by atoms with van der Waals surface area (Å²) in [4.78, 5) is 14.2. The molecule has 4 rings (SSSR count). The average molecular weight is 414 g/mol. The van der Waals surface area contributed by atoms with E-state index in [-0.39, 0.29) is 0 Å². The Morgan fingerprint density at radius 1 is 1.31 bits per heavy atom.